The Morgan fingerprint density at radius 2 is 1.94 bits per heavy atom. The first-order valence-corrected chi connectivity index (χ1v) is 10.6. The fraction of sp³-hybridized carbons (Fsp3) is 0. The number of carbonyl (C=O) groups is 2. The average Bonchev–Trinajstić information content (AvgIpc) is 3.21. The second-order valence-electron chi connectivity index (χ2n) is 6.68. The molecular formula is C20H12N6O6S. The molecule has 0 radical (unpaired) electrons. The van der Waals surface area contributed by atoms with Crippen LogP contribution in [0.5, 0.6) is 0 Å². The van der Waals surface area contributed by atoms with E-state index >= 15 is 0 Å². The predicted molar refractivity (Wildman–Crippen MR) is 112 cm³/mol. The summed E-state index contributed by atoms with van der Waals surface area (Å²) in [6.45, 7) is 0. The SMILES string of the molecule is N#Cc1ccc(NC(=O)c2noc3cc(-c4ccnnc4)c(S(N)(=O)=O)cc23)c(C(=O)O)c1. The number of benzene rings is 2. The Morgan fingerprint density at radius 1 is 1.15 bits per heavy atom. The van der Waals surface area contributed by atoms with E-state index in [2.05, 4.69) is 20.7 Å². The van der Waals surface area contributed by atoms with Crippen LogP contribution in [0.25, 0.3) is 22.1 Å². The van der Waals surface area contributed by atoms with Crippen molar-refractivity contribution in [2.45, 2.75) is 4.90 Å². The summed E-state index contributed by atoms with van der Waals surface area (Å²) in [5.74, 6) is -2.22. The van der Waals surface area contributed by atoms with Crippen LogP contribution >= 0.6 is 0 Å². The Bertz CT molecular complexity index is 1570. The van der Waals surface area contributed by atoms with Crippen LogP contribution in [0.1, 0.15) is 26.4 Å². The maximum absolute atomic E-state index is 12.8. The van der Waals surface area contributed by atoms with E-state index in [-0.39, 0.29) is 43.9 Å². The van der Waals surface area contributed by atoms with Gasteiger partial charge in [0, 0.05) is 11.1 Å². The number of nitriles is 1. The molecule has 0 spiro atoms. The van der Waals surface area contributed by atoms with Crippen LogP contribution in [0.15, 0.2) is 58.2 Å². The summed E-state index contributed by atoms with van der Waals surface area (Å²) in [7, 11) is -4.24. The zero-order chi connectivity index (χ0) is 23.8. The third kappa shape index (κ3) is 4.11. The summed E-state index contributed by atoms with van der Waals surface area (Å²) in [5, 5.41) is 37.2. The molecule has 33 heavy (non-hydrogen) atoms. The molecule has 2 aromatic carbocycles. The van der Waals surface area contributed by atoms with Gasteiger partial charge in [-0.25, -0.2) is 18.4 Å². The third-order valence-electron chi connectivity index (χ3n) is 4.62. The monoisotopic (exact) mass is 464 g/mol. The zero-order valence-corrected chi connectivity index (χ0v) is 17.2. The number of rotatable bonds is 5. The number of nitrogens with two attached hydrogens (primary N) is 1. The summed E-state index contributed by atoms with van der Waals surface area (Å²) < 4.78 is 29.7. The number of anilines is 1. The van der Waals surface area contributed by atoms with Gasteiger partial charge >= 0.3 is 5.97 Å². The highest BCUT2D eigenvalue weighted by atomic mass is 32.2. The fourth-order valence-electron chi connectivity index (χ4n) is 3.12. The maximum atomic E-state index is 12.8. The highest BCUT2D eigenvalue weighted by Crippen LogP contribution is 2.32. The quantitative estimate of drug-likeness (QED) is 0.390. The molecule has 13 heteroatoms. The Labute approximate surface area is 185 Å². The lowest BCUT2D eigenvalue weighted by molar-refractivity contribution is 0.0698. The number of sulfonamides is 1. The van der Waals surface area contributed by atoms with E-state index in [0.717, 1.165) is 12.1 Å². The molecule has 4 aromatic rings. The molecule has 4 N–H and O–H groups in total. The van der Waals surface area contributed by atoms with Gasteiger partial charge in [-0.1, -0.05) is 5.16 Å². The molecular weight excluding hydrogens is 452 g/mol. The van der Waals surface area contributed by atoms with Crippen molar-refractivity contribution in [3.8, 4) is 17.2 Å². The number of nitrogens with zero attached hydrogens (tertiary/aromatic N) is 4. The van der Waals surface area contributed by atoms with Gasteiger partial charge in [-0.3, -0.25) is 4.79 Å². The minimum Gasteiger partial charge on any atom is -0.478 e. The highest BCUT2D eigenvalue weighted by Gasteiger charge is 2.24. The Hall–Kier alpha value is -4.67. The number of hydrogen-bond donors (Lipinski definition) is 3. The summed E-state index contributed by atoms with van der Waals surface area (Å²) in [6, 6.07) is 9.51. The van der Waals surface area contributed by atoms with Crippen LogP contribution in [-0.2, 0) is 10.0 Å². The highest BCUT2D eigenvalue weighted by molar-refractivity contribution is 7.89. The van der Waals surface area contributed by atoms with Crippen molar-refractivity contribution in [3.63, 3.8) is 0 Å². The molecule has 0 saturated heterocycles. The van der Waals surface area contributed by atoms with E-state index in [0.29, 0.717) is 5.56 Å². The van der Waals surface area contributed by atoms with E-state index in [9.17, 15) is 23.1 Å². The van der Waals surface area contributed by atoms with Crippen LogP contribution in [0.3, 0.4) is 0 Å². The van der Waals surface area contributed by atoms with E-state index < -0.39 is 21.9 Å². The summed E-state index contributed by atoms with van der Waals surface area (Å²) in [4.78, 5) is 24.1. The number of fused-ring (bicyclic) bond motifs is 1. The Morgan fingerprint density at radius 3 is 2.58 bits per heavy atom. The Balaban J connectivity index is 1.81. The molecule has 1 amide bonds. The standard InChI is InChI=1S/C20H12N6O6S/c21-8-10-1-2-15(13(5-10)20(28)29)25-19(27)18-14-7-17(33(22,30)31)12(6-16(14)32-26-18)11-3-4-23-24-9-11/h1-7,9H,(H,25,27)(H,28,29)(H2,22,30,31). The largest absolute Gasteiger partial charge is 0.478 e. The van der Waals surface area contributed by atoms with Gasteiger partial charge in [-0.2, -0.15) is 15.5 Å². The molecule has 4 rings (SSSR count). The number of carboxylic acid groups (broad SMARTS) is 1. The van der Waals surface area contributed by atoms with Crippen LogP contribution in [0.2, 0.25) is 0 Å². The van der Waals surface area contributed by atoms with Crippen molar-refractivity contribution in [1.29, 1.82) is 5.26 Å². The van der Waals surface area contributed by atoms with E-state index in [1.54, 1.807) is 0 Å². The van der Waals surface area contributed by atoms with Crippen molar-refractivity contribution in [2.24, 2.45) is 5.14 Å². The second kappa shape index (κ2) is 8.11. The summed E-state index contributed by atoms with van der Waals surface area (Å²) >= 11 is 0. The van der Waals surface area contributed by atoms with Gasteiger partial charge in [-0.05, 0) is 36.4 Å². The number of carbonyl (C=O) groups excluding carboxylic acids is 1. The van der Waals surface area contributed by atoms with E-state index in [1.807, 2.05) is 6.07 Å². The minimum absolute atomic E-state index is 0.0350. The minimum atomic E-state index is -4.24. The van der Waals surface area contributed by atoms with Gasteiger partial charge in [0.1, 0.15) is 0 Å². The smallest absolute Gasteiger partial charge is 0.337 e. The van der Waals surface area contributed by atoms with Gasteiger partial charge in [0.15, 0.2) is 11.3 Å². The zero-order valence-electron chi connectivity index (χ0n) is 16.4. The summed E-state index contributed by atoms with van der Waals surface area (Å²) in [6.07, 6.45) is 2.70. The summed E-state index contributed by atoms with van der Waals surface area (Å²) in [5.41, 5.74) is 0.0350. The first-order valence-electron chi connectivity index (χ1n) is 9.01. The first-order chi connectivity index (χ1) is 15.7. The van der Waals surface area contributed by atoms with Crippen LogP contribution in [0, 0.1) is 11.3 Å². The number of nitrogens with one attached hydrogen (secondary N) is 1. The molecule has 0 bridgehead atoms. The Kier molecular flexibility index (Phi) is 5.30. The van der Waals surface area contributed by atoms with Crippen LogP contribution < -0.4 is 10.5 Å². The van der Waals surface area contributed by atoms with Crippen molar-refractivity contribution in [2.75, 3.05) is 5.32 Å². The lowest BCUT2D eigenvalue weighted by atomic mass is 10.1. The molecule has 164 valence electrons. The maximum Gasteiger partial charge on any atom is 0.337 e. The van der Waals surface area contributed by atoms with Gasteiger partial charge in [0.05, 0.1) is 45.6 Å². The number of aromatic nitrogens is 3. The van der Waals surface area contributed by atoms with Crippen molar-refractivity contribution in [3.05, 3.63) is 65.6 Å². The van der Waals surface area contributed by atoms with Gasteiger partial charge in [-0.15, -0.1) is 0 Å². The molecule has 12 nitrogen and oxygen atoms in total. The molecule has 2 heterocycles. The van der Waals surface area contributed by atoms with Crippen LogP contribution in [-0.4, -0.2) is 40.8 Å². The number of primary sulfonamides is 1. The fourth-order valence-corrected chi connectivity index (χ4v) is 3.89. The van der Waals surface area contributed by atoms with Crippen molar-refractivity contribution < 1.29 is 27.6 Å². The van der Waals surface area contributed by atoms with Crippen molar-refractivity contribution >= 4 is 38.6 Å². The van der Waals surface area contributed by atoms with Crippen LogP contribution in [0.4, 0.5) is 5.69 Å². The second-order valence-corrected chi connectivity index (χ2v) is 8.21. The number of carboxylic acids is 1. The molecule has 0 aliphatic carbocycles. The van der Waals surface area contributed by atoms with Crippen molar-refractivity contribution in [1.82, 2.24) is 15.4 Å². The van der Waals surface area contributed by atoms with E-state index in [1.165, 1.54) is 36.7 Å². The number of amides is 1. The molecule has 0 aliphatic heterocycles. The van der Waals surface area contributed by atoms with Gasteiger partial charge in [0.25, 0.3) is 5.91 Å². The number of aromatic carboxylic acids is 1. The normalized spacial score (nSPS) is 11.2. The molecule has 0 atom stereocenters. The van der Waals surface area contributed by atoms with Gasteiger partial charge < -0.3 is 14.9 Å². The molecule has 0 fully saturated rings. The predicted octanol–water partition coefficient (Wildman–Crippen LogP) is 1.75. The molecule has 0 aliphatic rings. The third-order valence-corrected chi connectivity index (χ3v) is 5.57. The van der Waals surface area contributed by atoms with Gasteiger partial charge in [0.2, 0.25) is 10.0 Å². The lowest BCUT2D eigenvalue weighted by Crippen LogP contribution is -2.16. The molecule has 2 aromatic heterocycles. The topological polar surface area (TPSA) is 202 Å². The van der Waals surface area contributed by atoms with E-state index in [4.69, 9.17) is 14.9 Å². The lowest BCUT2D eigenvalue weighted by Gasteiger charge is -2.09. The average molecular weight is 464 g/mol. The number of hydrogen-bond acceptors (Lipinski definition) is 9. The first kappa shape index (κ1) is 21.6. The molecule has 0 unspecified atom stereocenters. The molecule has 0 saturated carbocycles.